The molecule has 2 aromatic carbocycles. The molecule has 3 atom stereocenters. The van der Waals surface area contributed by atoms with Crippen LogP contribution < -0.4 is 10.5 Å². The third-order valence-electron chi connectivity index (χ3n) is 3.74. The summed E-state index contributed by atoms with van der Waals surface area (Å²) in [6.07, 6.45) is 0.788. The van der Waals surface area contributed by atoms with Crippen LogP contribution in [0, 0.1) is 0 Å². The molecule has 25 heavy (non-hydrogen) atoms. The molecule has 0 aliphatic rings. The summed E-state index contributed by atoms with van der Waals surface area (Å²) in [6.45, 7) is 0.529. The smallest absolute Gasteiger partial charge is 0.325 e. The van der Waals surface area contributed by atoms with Crippen molar-refractivity contribution in [2.45, 2.75) is 17.7 Å². The molecule has 3 unspecified atom stereocenters. The van der Waals surface area contributed by atoms with Gasteiger partial charge in [-0.3, -0.25) is 4.79 Å². The lowest BCUT2D eigenvalue weighted by Gasteiger charge is -2.19. The van der Waals surface area contributed by atoms with Crippen LogP contribution in [0.1, 0.15) is 17.2 Å². The van der Waals surface area contributed by atoms with E-state index in [-0.39, 0.29) is 0 Å². The van der Waals surface area contributed by atoms with Gasteiger partial charge in [-0.2, -0.15) is 0 Å². The molecule has 0 radical (unpaired) electrons. The third-order valence-corrected chi connectivity index (χ3v) is 4.66. The van der Waals surface area contributed by atoms with Crippen molar-refractivity contribution in [2.75, 3.05) is 13.7 Å². The van der Waals surface area contributed by atoms with Crippen LogP contribution in [0.5, 0.6) is 5.75 Å². The van der Waals surface area contributed by atoms with Gasteiger partial charge in [-0.1, -0.05) is 42.5 Å². The maximum absolute atomic E-state index is 11.6. The van der Waals surface area contributed by atoms with Gasteiger partial charge in [-0.15, -0.1) is 0 Å². The van der Waals surface area contributed by atoms with Gasteiger partial charge in [-0.05, 0) is 23.3 Å². The van der Waals surface area contributed by atoms with Crippen LogP contribution in [0.3, 0.4) is 0 Å². The van der Waals surface area contributed by atoms with E-state index in [1.54, 1.807) is 24.3 Å². The number of hydrogen-bond donors (Lipinski definition) is 2. The van der Waals surface area contributed by atoms with Crippen LogP contribution in [-0.2, 0) is 27.0 Å². The van der Waals surface area contributed by atoms with E-state index in [0.717, 1.165) is 13.5 Å². The Hall–Kier alpha value is -2.22. The molecule has 0 heterocycles. The molecule has 0 saturated heterocycles. The summed E-state index contributed by atoms with van der Waals surface area (Å²) < 4.78 is 30.9. The molecule has 2 aromatic rings. The highest BCUT2D eigenvalue weighted by Crippen LogP contribution is 2.22. The normalized spacial score (nSPS) is 14.4. The minimum atomic E-state index is -2.43. The zero-order valence-corrected chi connectivity index (χ0v) is 14.6. The monoisotopic (exact) mass is 363 g/mol. The number of nitrogens with two attached hydrogens (primary N) is 1. The fourth-order valence-electron chi connectivity index (χ4n) is 2.36. The highest BCUT2D eigenvalue weighted by molar-refractivity contribution is 7.80. The Kier molecular flexibility index (Phi) is 7.12. The molecule has 0 aliphatic heterocycles. The quantitative estimate of drug-likeness (QED) is 0.550. The molecular weight excluding hydrogens is 342 g/mol. The number of ether oxygens (including phenoxy) is 2. The van der Waals surface area contributed by atoms with Gasteiger partial charge in [0.1, 0.15) is 5.75 Å². The predicted octanol–water partition coefficient (Wildman–Crippen LogP) is 2.07. The van der Waals surface area contributed by atoms with E-state index in [1.807, 2.05) is 30.3 Å². The number of benzene rings is 2. The number of carbonyl (C=O) groups excluding carboxylic acids is 1. The van der Waals surface area contributed by atoms with Gasteiger partial charge >= 0.3 is 5.97 Å². The van der Waals surface area contributed by atoms with E-state index in [0.29, 0.717) is 17.9 Å². The van der Waals surface area contributed by atoms with E-state index in [2.05, 4.69) is 4.74 Å². The summed E-state index contributed by atoms with van der Waals surface area (Å²) in [5.74, 6) is -0.164. The van der Waals surface area contributed by atoms with Gasteiger partial charge < -0.3 is 19.8 Å². The first kappa shape index (κ1) is 19.1. The first-order valence-corrected chi connectivity index (χ1v) is 8.89. The maximum Gasteiger partial charge on any atom is 0.325 e. The average molecular weight is 363 g/mol. The van der Waals surface area contributed by atoms with E-state index in [4.69, 9.17) is 10.5 Å². The van der Waals surface area contributed by atoms with Crippen molar-refractivity contribution in [2.24, 2.45) is 5.73 Å². The summed E-state index contributed by atoms with van der Waals surface area (Å²) in [5.41, 5.74) is 7.68. The third kappa shape index (κ3) is 5.38. The largest absolute Gasteiger partial charge is 0.493 e. The molecule has 0 aliphatic carbocycles. The number of esters is 1. The van der Waals surface area contributed by atoms with E-state index < -0.39 is 28.3 Å². The average Bonchev–Trinajstić information content (AvgIpc) is 2.62. The lowest BCUT2D eigenvalue weighted by atomic mass is 10.0. The summed E-state index contributed by atoms with van der Waals surface area (Å²) in [6, 6.07) is 15.8. The second-order valence-electron chi connectivity index (χ2n) is 5.40. The Balaban J connectivity index is 1.96. The number of rotatable bonds is 8. The predicted molar refractivity (Wildman–Crippen MR) is 95.6 cm³/mol. The SMILES string of the molecule is COC(=O)C(C(N)c1ccc(OCCc2ccccc2)cc1)S(=O)O. The first-order valence-electron chi connectivity index (χ1n) is 7.72. The van der Waals surface area contributed by atoms with Crippen LogP contribution in [-0.4, -0.2) is 33.7 Å². The fraction of sp³-hybridized carbons (Fsp3) is 0.278. The van der Waals surface area contributed by atoms with Crippen molar-refractivity contribution < 1.29 is 23.0 Å². The second-order valence-corrected chi connectivity index (χ2v) is 6.46. The Bertz CT molecular complexity index is 705. The first-order chi connectivity index (χ1) is 12.0. The van der Waals surface area contributed by atoms with Crippen LogP contribution in [0.25, 0.3) is 0 Å². The molecular formula is C18H21NO5S. The van der Waals surface area contributed by atoms with Crippen LogP contribution >= 0.6 is 0 Å². The van der Waals surface area contributed by atoms with Gasteiger partial charge in [-0.25, -0.2) is 4.21 Å². The lowest BCUT2D eigenvalue weighted by Crippen LogP contribution is -2.37. The van der Waals surface area contributed by atoms with Crippen molar-refractivity contribution in [3.63, 3.8) is 0 Å². The Morgan fingerprint density at radius 2 is 1.80 bits per heavy atom. The molecule has 6 nitrogen and oxygen atoms in total. The maximum atomic E-state index is 11.6. The summed E-state index contributed by atoms with van der Waals surface area (Å²) in [7, 11) is 1.15. The summed E-state index contributed by atoms with van der Waals surface area (Å²) in [5, 5.41) is -1.34. The lowest BCUT2D eigenvalue weighted by molar-refractivity contribution is -0.140. The van der Waals surface area contributed by atoms with Gasteiger partial charge in [0, 0.05) is 6.42 Å². The van der Waals surface area contributed by atoms with Gasteiger partial charge in [0.2, 0.25) is 0 Å². The minimum Gasteiger partial charge on any atom is -0.493 e. The number of methoxy groups -OCH3 is 1. The zero-order chi connectivity index (χ0) is 18.2. The zero-order valence-electron chi connectivity index (χ0n) is 13.8. The molecule has 0 bridgehead atoms. The van der Waals surface area contributed by atoms with E-state index in [9.17, 15) is 13.6 Å². The van der Waals surface area contributed by atoms with E-state index >= 15 is 0 Å². The van der Waals surface area contributed by atoms with Gasteiger partial charge in [0.25, 0.3) is 0 Å². The summed E-state index contributed by atoms with van der Waals surface area (Å²) >= 11 is -2.43. The molecule has 2 rings (SSSR count). The summed E-state index contributed by atoms with van der Waals surface area (Å²) in [4.78, 5) is 11.6. The Morgan fingerprint density at radius 3 is 2.36 bits per heavy atom. The minimum absolute atomic E-state index is 0.529. The molecule has 0 saturated carbocycles. The second kappa shape index (κ2) is 9.31. The molecule has 7 heteroatoms. The topological polar surface area (TPSA) is 98.9 Å². The Labute approximate surface area is 149 Å². The molecule has 0 amide bonds. The van der Waals surface area contributed by atoms with Crippen LogP contribution in [0.2, 0.25) is 0 Å². The molecule has 0 aromatic heterocycles. The number of hydrogen-bond acceptors (Lipinski definition) is 5. The number of carbonyl (C=O) groups is 1. The standard InChI is InChI=1S/C18H21NO5S/c1-23-18(20)17(25(21)22)16(19)14-7-9-15(10-8-14)24-12-11-13-5-3-2-4-6-13/h2-10,16-17H,11-12,19H2,1H3,(H,21,22). The van der Waals surface area contributed by atoms with Crippen molar-refractivity contribution in [1.29, 1.82) is 0 Å². The van der Waals surface area contributed by atoms with Crippen molar-refractivity contribution in [1.82, 2.24) is 0 Å². The Morgan fingerprint density at radius 1 is 1.16 bits per heavy atom. The van der Waals surface area contributed by atoms with Crippen molar-refractivity contribution in [3.05, 3.63) is 65.7 Å². The molecule has 3 N–H and O–H groups in total. The van der Waals surface area contributed by atoms with Crippen molar-refractivity contribution in [3.8, 4) is 5.75 Å². The van der Waals surface area contributed by atoms with Crippen LogP contribution in [0.15, 0.2) is 54.6 Å². The van der Waals surface area contributed by atoms with Crippen LogP contribution in [0.4, 0.5) is 0 Å². The van der Waals surface area contributed by atoms with E-state index in [1.165, 1.54) is 5.56 Å². The van der Waals surface area contributed by atoms with Gasteiger partial charge in [0.15, 0.2) is 16.3 Å². The molecule has 0 fully saturated rings. The molecule has 134 valence electrons. The van der Waals surface area contributed by atoms with Gasteiger partial charge in [0.05, 0.1) is 19.8 Å². The molecule has 0 spiro atoms. The highest BCUT2D eigenvalue weighted by atomic mass is 32.2. The highest BCUT2D eigenvalue weighted by Gasteiger charge is 2.33. The van der Waals surface area contributed by atoms with Crippen molar-refractivity contribution >= 4 is 17.0 Å². The fourth-order valence-corrected chi connectivity index (χ4v) is 3.03.